The molecule has 2 rings (SSSR count). The zero-order chi connectivity index (χ0) is 19.5. The predicted octanol–water partition coefficient (Wildman–Crippen LogP) is 3.83. The van der Waals surface area contributed by atoms with Gasteiger partial charge in [0.2, 0.25) is 5.60 Å². The molecular weight excluding hydrogens is 376 g/mol. The number of anilines is 1. The van der Waals surface area contributed by atoms with Gasteiger partial charge in [-0.3, -0.25) is 4.79 Å². The highest BCUT2D eigenvalue weighted by molar-refractivity contribution is 6.32. The number of nitrogens with zero attached hydrogens (tertiary/aromatic N) is 1. The molecule has 0 aliphatic heterocycles. The summed E-state index contributed by atoms with van der Waals surface area (Å²) in [6.45, 7) is 0. The van der Waals surface area contributed by atoms with Crippen molar-refractivity contribution >= 4 is 23.2 Å². The maximum atomic E-state index is 13.4. The molecule has 2 N–H and O–H groups in total. The van der Waals surface area contributed by atoms with E-state index in [4.69, 9.17) is 16.9 Å². The molecule has 0 bridgehead atoms. The summed E-state index contributed by atoms with van der Waals surface area (Å²) >= 11 is 5.77. The van der Waals surface area contributed by atoms with Crippen LogP contribution in [0.4, 0.5) is 23.2 Å². The van der Waals surface area contributed by atoms with Crippen molar-refractivity contribution in [2.24, 2.45) is 0 Å². The van der Waals surface area contributed by atoms with Crippen molar-refractivity contribution in [2.45, 2.75) is 18.2 Å². The summed E-state index contributed by atoms with van der Waals surface area (Å²) in [5.41, 5.74) is -3.88. The number of nitrogens with one attached hydrogen (secondary N) is 1. The fraction of sp³-hybridized carbons (Fsp3) is 0.176. The topological polar surface area (TPSA) is 73.1 Å². The lowest BCUT2D eigenvalue weighted by atomic mass is 9.92. The van der Waals surface area contributed by atoms with E-state index >= 15 is 0 Å². The summed E-state index contributed by atoms with van der Waals surface area (Å²) in [5.74, 6) is -2.39. The quantitative estimate of drug-likeness (QED) is 0.784. The number of aliphatic hydroxyl groups is 1. The van der Waals surface area contributed by atoms with Crippen molar-refractivity contribution in [1.29, 1.82) is 5.26 Å². The molecule has 1 atom stereocenters. The minimum Gasteiger partial charge on any atom is -0.372 e. The minimum atomic E-state index is -5.29. The number of hydrogen-bond donors (Lipinski definition) is 2. The average Bonchev–Trinajstić information content (AvgIpc) is 2.56. The van der Waals surface area contributed by atoms with E-state index in [1.807, 2.05) is 5.32 Å². The molecule has 0 aromatic heterocycles. The first-order valence-electron chi connectivity index (χ1n) is 7.11. The molecule has 2 aromatic carbocycles. The number of rotatable bonds is 4. The van der Waals surface area contributed by atoms with Crippen LogP contribution in [0.1, 0.15) is 11.1 Å². The smallest absolute Gasteiger partial charge is 0.372 e. The Bertz CT molecular complexity index is 863. The Morgan fingerprint density at radius 1 is 1.19 bits per heavy atom. The Labute approximate surface area is 150 Å². The van der Waals surface area contributed by atoms with E-state index in [0.717, 1.165) is 30.3 Å². The number of halogens is 5. The lowest BCUT2D eigenvalue weighted by molar-refractivity contribution is -0.248. The van der Waals surface area contributed by atoms with Crippen LogP contribution in [-0.2, 0) is 11.2 Å². The number of carbonyl (C=O) groups is 1. The highest BCUT2D eigenvalue weighted by atomic mass is 35.5. The fourth-order valence-electron chi connectivity index (χ4n) is 2.12. The van der Waals surface area contributed by atoms with Crippen molar-refractivity contribution in [1.82, 2.24) is 0 Å². The van der Waals surface area contributed by atoms with E-state index in [1.54, 1.807) is 6.07 Å². The molecule has 0 spiro atoms. The van der Waals surface area contributed by atoms with Crippen LogP contribution in [0.3, 0.4) is 0 Å². The van der Waals surface area contributed by atoms with E-state index in [0.29, 0.717) is 0 Å². The lowest BCUT2D eigenvalue weighted by Gasteiger charge is -2.29. The molecule has 4 nitrogen and oxygen atoms in total. The average molecular weight is 387 g/mol. The van der Waals surface area contributed by atoms with Gasteiger partial charge in [-0.25, -0.2) is 4.39 Å². The highest BCUT2D eigenvalue weighted by Gasteiger charge is 2.59. The van der Waals surface area contributed by atoms with Crippen molar-refractivity contribution in [3.05, 3.63) is 64.4 Å². The summed E-state index contributed by atoms with van der Waals surface area (Å²) < 4.78 is 53.0. The van der Waals surface area contributed by atoms with Crippen molar-refractivity contribution < 1.29 is 27.5 Å². The first-order chi connectivity index (χ1) is 12.1. The zero-order valence-corrected chi connectivity index (χ0v) is 13.7. The number of nitriles is 1. The molecule has 1 amide bonds. The maximum Gasteiger partial charge on any atom is 0.426 e. The first-order valence-corrected chi connectivity index (χ1v) is 7.49. The number of hydrogen-bond acceptors (Lipinski definition) is 3. The van der Waals surface area contributed by atoms with Crippen LogP contribution >= 0.6 is 11.6 Å². The Morgan fingerprint density at radius 3 is 2.31 bits per heavy atom. The van der Waals surface area contributed by atoms with E-state index in [2.05, 4.69) is 0 Å². The van der Waals surface area contributed by atoms with E-state index in [9.17, 15) is 27.5 Å². The van der Waals surface area contributed by atoms with Crippen molar-refractivity contribution in [3.8, 4) is 6.07 Å². The molecule has 26 heavy (non-hydrogen) atoms. The van der Waals surface area contributed by atoms with Gasteiger partial charge in [-0.1, -0.05) is 23.7 Å². The first kappa shape index (κ1) is 19.7. The van der Waals surface area contributed by atoms with Gasteiger partial charge in [0.15, 0.2) is 0 Å². The molecule has 136 valence electrons. The van der Waals surface area contributed by atoms with Crippen LogP contribution in [0, 0.1) is 17.1 Å². The number of alkyl halides is 3. The molecule has 0 saturated carbocycles. The van der Waals surface area contributed by atoms with Gasteiger partial charge in [0, 0.05) is 12.1 Å². The van der Waals surface area contributed by atoms with Crippen LogP contribution in [0.15, 0.2) is 42.5 Å². The van der Waals surface area contributed by atoms with Crippen molar-refractivity contribution in [3.63, 3.8) is 0 Å². The van der Waals surface area contributed by atoms with Crippen LogP contribution in [-0.4, -0.2) is 22.8 Å². The van der Waals surface area contributed by atoms with Crippen LogP contribution < -0.4 is 5.32 Å². The van der Waals surface area contributed by atoms with E-state index < -0.39 is 29.9 Å². The second kappa shape index (κ2) is 7.32. The maximum absolute atomic E-state index is 13.4. The molecule has 0 saturated heterocycles. The molecule has 0 heterocycles. The summed E-state index contributed by atoms with van der Waals surface area (Å²) in [4.78, 5) is 12.2. The van der Waals surface area contributed by atoms with E-state index in [1.165, 1.54) is 12.1 Å². The third kappa shape index (κ3) is 4.12. The van der Waals surface area contributed by atoms with E-state index in [-0.39, 0.29) is 21.8 Å². The summed E-state index contributed by atoms with van der Waals surface area (Å²) in [6.07, 6.45) is -6.39. The Morgan fingerprint density at radius 2 is 1.81 bits per heavy atom. The standard InChI is InChI=1S/C17H11ClF4N2O2/c18-14-7-13(6-3-11(14)9-23)24-15(25)16(26,17(20,21)22)8-10-1-4-12(19)5-2-10/h1-7,26H,8H2,(H,24,25). The van der Waals surface area contributed by atoms with Gasteiger partial charge in [0.25, 0.3) is 5.91 Å². The second-order valence-corrected chi connectivity index (χ2v) is 5.83. The second-order valence-electron chi connectivity index (χ2n) is 5.42. The van der Waals surface area contributed by atoms with Crippen LogP contribution in [0.2, 0.25) is 5.02 Å². The highest BCUT2D eigenvalue weighted by Crippen LogP contribution is 2.35. The third-order valence-electron chi connectivity index (χ3n) is 3.57. The predicted molar refractivity (Wildman–Crippen MR) is 85.9 cm³/mol. The molecule has 0 radical (unpaired) electrons. The fourth-order valence-corrected chi connectivity index (χ4v) is 2.35. The number of benzene rings is 2. The SMILES string of the molecule is N#Cc1ccc(NC(=O)C(O)(Cc2ccc(F)cc2)C(F)(F)F)cc1Cl. The number of amides is 1. The van der Waals surface area contributed by atoms with Crippen LogP contribution in [0.5, 0.6) is 0 Å². The molecule has 0 aliphatic carbocycles. The molecule has 1 unspecified atom stereocenters. The van der Waals surface area contributed by atoms with Gasteiger partial charge < -0.3 is 10.4 Å². The van der Waals surface area contributed by atoms with Crippen LogP contribution in [0.25, 0.3) is 0 Å². The normalized spacial score (nSPS) is 13.6. The lowest BCUT2D eigenvalue weighted by Crippen LogP contribution is -2.56. The van der Waals surface area contributed by atoms with Gasteiger partial charge in [-0.05, 0) is 35.9 Å². The molecule has 2 aromatic rings. The number of carbonyl (C=O) groups excluding carboxylic acids is 1. The van der Waals surface area contributed by atoms with Gasteiger partial charge in [0.05, 0.1) is 10.6 Å². The summed E-state index contributed by atoms with van der Waals surface area (Å²) in [7, 11) is 0. The molecule has 9 heteroatoms. The monoisotopic (exact) mass is 386 g/mol. The Kier molecular flexibility index (Phi) is 5.54. The largest absolute Gasteiger partial charge is 0.426 e. The Hall–Kier alpha value is -2.63. The Balaban J connectivity index is 2.31. The zero-order valence-electron chi connectivity index (χ0n) is 12.9. The van der Waals surface area contributed by atoms with Gasteiger partial charge >= 0.3 is 6.18 Å². The molecule has 0 aliphatic rings. The van der Waals surface area contributed by atoms with Gasteiger partial charge in [-0.15, -0.1) is 0 Å². The third-order valence-corrected chi connectivity index (χ3v) is 3.88. The van der Waals surface area contributed by atoms with Crippen molar-refractivity contribution in [2.75, 3.05) is 5.32 Å². The molecular formula is C17H11ClF4N2O2. The van der Waals surface area contributed by atoms with Gasteiger partial charge in [0.1, 0.15) is 11.9 Å². The van der Waals surface area contributed by atoms with Gasteiger partial charge in [-0.2, -0.15) is 18.4 Å². The summed E-state index contributed by atoms with van der Waals surface area (Å²) in [6, 6.07) is 9.16. The summed E-state index contributed by atoms with van der Waals surface area (Å²) in [5, 5.41) is 20.7. The minimum absolute atomic E-state index is 0.0700. The molecule has 0 fully saturated rings.